The molecule has 4 rings (SSSR count). The van der Waals surface area contributed by atoms with E-state index in [-0.39, 0.29) is 23.4 Å². The van der Waals surface area contributed by atoms with Crippen molar-refractivity contribution in [2.45, 2.75) is 23.8 Å². The first-order valence-electron chi connectivity index (χ1n) is 10.8. The largest absolute Gasteiger partial charge is 0.376 e. The minimum Gasteiger partial charge on any atom is -0.376 e. The molecule has 1 amide bonds. The van der Waals surface area contributed by atoms with Gasteiger partial charge in [0.05, 0.1) is 17.5 Å². The molecule has 0 unspecified atom stereocenters. The second kappa shape index (κ2) is 9.97. The van der Waals surface area contributed by atoms with E-state index in [0.29, 0.717) is 18.8 Å². The van der Waals surface area contributed by atoms with Gasteiger partial charge in [0.1, 0.15) is 0 Å². The van der Waals surface area contributed by atoms with Crippen LogP contribution in [-0.4, -0.2) is 38.3 Å². The first kappa shape index (κ1) is 22.0. The number of rotatable bonds is 8. The van der Waals surface area contributed by atoms with Crippen LogP contribution in [0.15, 0.2) is 89.8 Å². The molecular formula is C25H27N3O3S. The maximum absolute atomic E-state index is 12.8. The lowest BCUT2D eigenvalue weighted by atomic mass is 9.99. The molecule has 2 N–H and O–H groups in total. The topological polar surface area (TPSA) is 78.5 Å². The van der Waals surface area contributed by atoms with E-state index in [1.807, 2.05) is 60.7 Å². The van der Waals surface area contributed by atoms with Crippen molar-refractivity contribution in [3.05, 3.63) is 96.1 Å². The number of nitrogens with zero attached hydrogens (tertiary/aromatic N) is 1. The van der Waals surface area contributed by atoms with Gasteiger partial charge in [-0.15, -0.1) is 0 Å². The monoisotopic (exact) mass is 449 g/mol. The van der Waals surface area contributed by atoms with Crippen LogP contribution in [0.5, 0.6) is 0 Å². The zero-order chi connectivity index (χ0) is 22.4. The number of amides is 1. The predicted octanol–water partition coefficient (Wildman–Crippen LogP) is 3.79. The van der Waals surface area contributed by atoms with E-state index in [9.17, 15) is 13.2 Å². The van der Waals surface area contributed by atoms with Gasteiger partial charge in [-0.2, -0.15) is 4.31 Å². The van der Waals surface area contributed by atoms with Crippen LogP contribution in [0.2, 0.25) is 0 Å². The fourth-order valence-corrected chi connectivity index (χ4v) is 5.45. The first-order chi connectivity index (χ1) is 15.5. The molecule has 3 aromatic rings. The zero-order valence-corrected chi connectivity index (χ0v) is 18.6. The Morgan fingerprint density at radius 3 is 2.03 bits per heavy atom. The van der Waals surface area contributed by atoms with E-state index in [0.717, 1.165) is 24.0 Å². The van der Waals surface area contributed by atoms with Gasteiger partial charge in [0.15, 0.2) is 0 Å². The Bertz CT molecular complexity index is 1110. The van der Waals surface area contributed by atoms with Crippen molar-refractivity contribution < 1.29 is 13.2 Å². The summed E-state index contributed by atoms with van der Waals surface area (Å²) in [4.78, 5) is 13.0. The third kappa shape index (κ3) is 5.18. The summed E-state index contributed by atoms with van der Waals surface area (Å²) in [5.74, 6) is -0.185. The summed E-state index contributed by atoms with van der Waals surface area (Å²) in [6.45, 7) is 1.15. The van der Waals surface area contributed by atoms with Crippen molar-refractivity contribution in [2.24, 2.45) is 0 Å². The molecule has 0 bridgehead atoms. The van der Waals surface area contributed by atoms with Crippen molar-refractivity contribution in [2.75, 3.05) is 25.0 Å². The van der Waals surface area contributed by atoms with Crippen LogP contribution in [0.25, 0.3) is 0 Å². The van der Waals surface area contributed by atoms with Crippen molar-refractivity contribution >= 4 is 21.6 Å². The number of benzene rings is 3. The van der Waals surface area contributed by atoms with Gasteiger partial charge in [-0.25, -0.2) is 8.42 Å². The highest BCUT2D eigenvalue weighted by Gasteiger charge is 2.27. The molecule has 0 aliphatic carbocycles. The van der Waals surface area contributed by atoms with Crippen LogP contribution in [0.1, 0.15) is 30.0 Å². The van der Waals surface area contributed by atoms with Crippen molar-refractivity contribution in [1.82, 2.24) is 9.62 Å². The highest BCUT2D eigenvalue weighted by Crippen LogP contribution is 2.24. The molecule has 0 aromatic heterocycles. The van der Waals surface area contributed by atoms with Gasteiger partial charge < -0.3 is 10.6 Å². The van der Waals surface area contributed by atoms with E-state index in [4.69, 9.17) is 0 Å². The summed E-state index contributed by atoms with van der Waals surface area (Å²) in [6, 6.07) is 26.0. The van der Waals surface area contributed by atoms with Gasteiger partial charge >= 0.3 is 0 Å². The van der Waals surface area contributed by atoms with E-state index in [2.05, 4.69) is 10.6 Å². The Morgan fingerprint density at radius 2 is 1.44 bits per heavy atom. The minimum atomic E-state index is -3.50. The molecule has 32 heavy (non-hydrogen) atoms. The summed E-state index contributed by atoms with van der Waals surface area (Å²) in [5, 5.41) is 6.14. The minimum absolute atomic E-state index is 0.0311. The fraction of sp³-hybridized carbons (Fsp3) is 0.240. The van der Waals surface area contributed by atoms with Gasteiger partial charge in [-0.3, -0.25) is 4.79 Å². The molecule has 3 aromatic carbocycles. The van der Waals surface area contributed by atoms with E-state index >= 15 is 0 Å². The first-order valence-corrected chi connectivity index (χ1v) is 12.2. The SMILES string of the molecule is O=C(CNc1cccc(S(=O)(=O)N2CCCC2)c1)NC(c1ccccc1)c1ccccc1. The molecule has 1 heterocycles. The van der Waals surface area contributed by atoms with Crippen LogP contribution in [0.3, 0.4) is 0 Å². The number of carbonyl (C=O) groups excluding carboxylic acids is 1. The van der Waals surface area contributed by atoms with Gasteiger partial charge in [0.2, 0.25) is 15.9 Å². The average molecular weight is 450 g/mol. The Kier molecular flexibility index (Phi) is 6.87. The Labute approximate surface area is 189 Å². The standard InChI is InChI=1S/C25H27N3O3S/c29-24(27-25(20-10-3-1-4-11-20)21-12-5-2-6-13-21)19-26-22-14-9-15-23(18-22)32(30,31)28-16-7-8-17-28/h1-6,9-15,18,25-26H,7-8,16-17,19H2,(H,27,29). The number of anilines is 1. The van der Waals surface area contributed by atoms with Crippen LogP contribution in [0, 0.1) is 0 Å². The summed E-state index contributed by atoms with van der Waals surface area (Å²) in [5.41, 5.74) is 2.58. The molecule has 166 valence electrons. The third-order valence-electron chi connectivity index (χ3n) is 5.56. The van der Waals surface area contributed by atoms with Gasteiger partial charge in [0, 0.05) is 18.8 Å². The quantitative estimate of drug-likeness (QED) is 0.549. The normalized spacial score (nSPS) is 14.4. The molecule has 0 spiro atoms. The Balaban J connectivity index is 1.44. The molecule has 1 fully saturated rings. The second-order valence-electron chi connectivity index (χ2n) is 7.81. The zero-order valence-electron chi connectivity index (χ0n) is 17.8. The second-order valence-corrected chi connectivity index (χ2v) is 9.75. The molecule has 0 atom stereocenters. The maximum atomic E-state index is 12.8. The Morgan fingerprint density at radius 1 is 0.844 bits per heavy atom. The summed E-state index contributed by atoms with van der Waals surface area (Å²) >= 11 is 0. The van der Waals surface area contributed by atoms with Gasteiger partial charge in [-0.1, -0.05) is 66.7 Å². The smallest absolute Gasteiger partial charge is 0.243 e. The Hall–Kier alpha value is -3.16. The number of nitrogens with one attached hydrogen (secondary N) is 2. The third-order valence-corrected chi connectivity index (χ3v) is 7.46. The molecule has 0 radical (unpaired) electrons. The number of carbonyl (C=O) groups is 1. The molecule has 7 heteroatoms. The molecular weight excluding hydrogens is 422 g/mol. The summed E-state index contributed by atoms with van der Waals surface area (Å²) < 4.78 is 27.1. The molecule has 1 aliphatic rings. The molecule has 1 aliphatic heterocycles. The van der Waals surface area contributed by atoms with Crippen LogP contribution >= 0.6 is 0 Å². The molecule has 1 saturated heterocycles. The highest BCUT2D eigenvalue weighted by atomic mass is 32.2. The van der Waals surface area contributed by atoms with Crippen molar-refractivity contribution in [1.29, 1.82) is 0 Å². The highest BCUT2D eigenvalue weighted by molar-refractivity contribution is 7.89. The van der Waals surface area contributed by atoms with E-state index < -0.39 is 10.0 Å². The number of sulfonamides is 1. The van der Waals surface area contributed by atoms with E-state index in [1.54, 1.807) is 24.3 Å². The number of hydrogen-bond acceptors (Lipinski definition) is 4. The van der Waals surface area contributed by atoms with Crippen LogP contribution in [-0.2, 0) is 14.8 Å². The fourth-order valence-electron chi connectivity index (χ4n) is 3.89. The van der Waals surface area contributed by atoms with Crippen LogP contribution in [0.4, 0.5) is 5.69 Å². The summed E-state index contributed by atoms with van der Waals surface area (Å²) in [7, 11) is -3.50. The predicted molar refractivity (Wildman–Crippen MR) is 126 cm³/mol. The lowest BCUT2D eigenvalue weighted by molar-refractivity contribution is -0.119. The average Bonchev–Trinajstić information content (AvgIpc) is 3.39. The van der Waals surface area contributed by atoms with E-state index in [1.165, 1.54) is 4.31 Å². The molecule has 0 saturated carbocycles. The maximum Gasteiger partial charge on any atom is 0.243 e. The molecule has 6 nitrogen and oxygen atoms in total. The van der Waals surface area contributed by atoms with Crippen LogP contribution < -0.4 is 10.6 Å². The lowest BCUT2D eigenvalue weighted by Gasteiger charge is -2.20. The summed E-state index contributed by atoms with van der Waals surface area (Å²) in [6.07, 6.45) is 1.78. The number of hydrogen-bond donors (Lipinski definition) is 2. The van der Waals surface area contributed by atoms with Gasteiger partial charge in [-0.05, 0) is 42.2 Å². The van der Waals surface area contributed by atoms with Crippen molar-refractivity contribution in [3.63, 3.8) is 0 Å². The van der Waals surface area contributed by atoms with Gasteiger partial charge in [0.25, 0.3) is 0 Å². The lowest BCUT2D eigenvalue weighted by Crippen LogP contribution is -2.34. The van der Waals surface area contributed by atoms with Crippen molar-refractivity contribution in [3.8, 4) is 0 Å².